The van der Waals surface area contributed by atoms with Crippen LogP contribution in [0.5, 0.6) is 0 Å². The highest BCUT2D eigenvalue weighted by molar-refractivity contribution is 7.89. The van der Waals surface area contributed by atoms with E-state index < -0.39 is 21.0 Å². The van der Waals surface area contributed by atoms with E-state index in [1.165, 1.54) is 29.2 Å². The molecule has 0 unspecified atom stereocenters. The Kier molecular flexibility index (Phi) is 6.40. The number of nitrogens with zero attached hydrogens (tertiary/aromatic N) is 1. The number of morpholine rings is 1. The first-order valence-electron chi connectivity index (χ1n) is 9.10. The lowest BCUT2D eigenvalue weighted by Gasteiger charge is -2.28. The van der Waals surface area contributed by atoms with Crippen molar-refractivity contribution >= 4 is 15.7 Å². The minimum atomic E-state index is -3.83. The van der Waals surface area contributed by atoms with Crippen molar-refractivity contribution in [3.05, 3.63) is 69.8 Å². The summed E-state index contributed by atoms with van der Waals surface area (Å²) in [4.78, 5) is 11.5. The van der Waals surface area contributed by atoms with Gasteiger partial charge in [-0.25, -0.2) is 8.42 Å². The van der Waals surface area contributed by atoms with Crippen LogP contribution in [0.3, 0.4) is 0 Å². The Morgan fingerprint density at radius 1 is 1.11 bits per heavy atom. The fourth-order valence-electron chi connectivity index (χ4n) is 3.18. The number of non-ortho nitro benzene ring substituents is 1. The molecule has 1 saturated heterocycles. The third kappa shape index (κ3) is 5.14. The number of aryl methyl sites for hydroxylation is 1. The summed E-state index contributed by atoms with van der Waals surface area (Å²) in [7, 11) is -3.83. The molecule has 1 heterocycles. The van der Waals surface area contributed by atoms with Crippen LogP contribution in [0.1, 0.15) is 17.2 Å². The van der Waals surface area contributed by atoms with Crippen molar-refractivity contribution in [2.75, 3.05) is 32.8 Å². The van der Waals surface area contributed by atoms with Gasteiger partial charge in [0.25, 0.3) is 5.69 Å². The van der Waals surface area contributed by atoms with Crippen LogP contribution >= 0.6 is 0 Å². The van der Waals surface area contributed by atoms with E-state index in [0.29, 0.717) is 19.8 Å². The molecule has 0 amide bonds. The number of nitrogens with one attached hydrogen (secondary N) is 2. The maximum absolute atomic E-state index is 12.9. The summed E-state index contributed by atoms with van der Waals surface area (Å²) < 4.78 is 34.0. The molecule has 9 heteroatoms. The Balaban J connectivity index is 1.84. The van der Waals surface area contributed by atoms with Crippen LogP contribution in [-0.2, 0) is 14.8 Å². The van der Waals surface area contributed by atoms with Crippen LogP contribution in [0, 0.1) is 17.0 Å². The van der Waals surface area contributed by atoms with Crippen molar-refractivity contribution in [1.82, 2.24) is 4.72 Å². The van der Waals surface area contributed by atoms with E-state index >= 15 is 0 Å². The van der Waals surface area contributed by atoms with Gasteiger partial charge in [-0.2, -0.15) is 4.72 Å². The monoisotopic (exact) mass is 406 g/mol. The molecule has 0 spiro atoms. The van der Waals surface area contributed by atoms with Crippen LogP contribution in [0.25, 0.3) is 0 Å². The highest BCUT2D eigenvalue weighted by Crippen LogP contribution is 2.19. The number of nitro benzene ring substituents is 1. The Hall–Kier alpha value is -2.33. The zero-order valence-electron chi connectivity index (χ0n) is 15.6. The second-order valence-electron chi connectivity index (χ2n) is 6.90. The molecular formula is C19H24N3O5S+. The Morgan fingerprint density at radius 2 is 1.71 bits per heavy atom. The summed E-state index contributed by atoms with van der Waals surface area (Å²) in [5.41, 5.74) is 1.83. The van der Waals surface area contributed by atoms with Gasteiger partial charge in [-0.05, 0) is 24.6 Å². The summed E-state index contributed by atoms with van der Waals surface area (Å²) >= 11 is 0. The molecule has 3 rings (SSSR count). The lowest BCUT2D eigenvalue weighted by atomic mass is 10.1. The van der Waals surface area contributed by atoms with E-state index in [0.717, 1.165) is 24.2 Å². The molecule has 1 atom stereocenters. The van der Waals surface area contributed by atoms with Gasteiger partial charge in [0.05, 0.1) is 35.6 Å². The minimum Gasteiger partial charge on any atom is -0.370 e. The summed E-state index contributed by atoms with van der Waals surface area (Å²) in [6.45, 7) is 5.53. The third-order valence-electron chi connectivity index (χ3n) is 4.83. The molecular weight excluding hydrogens is 382 g/mol. The van der Waals surface area contributed by atoms with Crippen molar-refractivity contribution in [3.63, 3.8) is 0 Å². The lowest BCUT2D eigenvalue weighted by molar-refractivity contribution is -0.909. The number of ether oxygens (including phenoxy) is 1. The maximum atomic E-state index is 12.9. The van der Waals surface area contributed by atoms with Crippen LogP contribution in [0.2, 0.25) is 0 Å². The van der Waals surface area contributed by atoms with Crippen molar-refractivity contribution in [3.8, 4) is 0 Å². The molecule has 0 bridgehead atoms. The number of hydrogen-bond donors (Lipinski definition) is 2. The van der Waals surface area contributed by atoms with Gasteiger partial charge in [0.2, 0.25) is 10.0 Å². The van der Waals surface area contributed by atoms with Crippen molar-refractivity contribution in [1.29, 1.82) is 0 Å². The standard InChI is InChI=1S/C19H23N3O5S/c1-15-2-4-16(5-3-15)19(14-21-10-12-27-13-11-21)20-28(25,26)18-8-6-17(7-9-18)22(23)24/h2-9,19-20H,10-14H2,1H3/p+1/t19-/m1/s1. The molecule has 2 aromatic rings. The van der Waals surface area contributed by atoms with Gasteiger partial charge in [-0.15, -0.1) is 0 Å². The summed E-state index contributed by atoms with van der Waals surface area (Å²) in [5, 5.41) is 10.8. The molecule has 1 fully saturated rings. The molecule has 28 heavy (non-hydrogen) atoms. The lowest BCUT2D eigenvalue weighted by Crippen LogP contribution is -3.14. The summed E-state index contributed by atoms with van der Waals surface area (Å²) in [6, 6.07) is 12.3. The van der Waals surface area contributed by atoms with E-state index in [1.807, 2.05) is 31.2 Å². The molecule has 0 aromatic heterocycles. The fraction of sp³-hybridized carbons (Fsp3) is 0.368. The number of nitro groups is 1. The number of benzene rings is 2. The fourth-order valence-corrected chi connectivity index (χ4v) is 4.41. The highest BCUT2D eigenvalue weighted by Gasteiger charge is 2.27. The van der Waals surface area contributed by atoms with Crippen molar-refractivity contribution < 1.29 is 23.0 Å². The van der Waals surface area contributed by atoms with E-state index in [2.05, 4.69) is 4.72 Å². The largest absolute Gasteiger partial charge is 0.370 e. The first-order valence-corrected chi connectivity index (χ1v) is 10.6. The molecule has 0 radical (unpaired) electrons. The topological polar surface area (TPSA) is 103 Å². The molecule has 1 aliphatic rings. The van der Waals surface area contributed by atoms with Gasteiger partial charge in [0, 0.05) is 12.1 Å². The van der Waals surface area contributed by atoms with Gasteiger partial charge in [0.1, 0.15) is 13.1 Å². The molecule has 2 aromatic carbocycles. The van der Waals surface area contributed by atoms with Crippen LogP contribution < -0.4 is 9.62 Å². The van der Waals surface area contributed by atoms with Gasteiger partial charge in [-0.1, -0.05) is 29.8 Å². The Labute approximate surface area is 164 Å². The second kappa shape index (κ2) is 8.78. The van der Waals surface area contributed by atoms with Gasteiger partial charge in [0.15, 0.2) is 0 Å². The van der Waals surface area contributed by atoms with Crippen LogP contribution in [-0.4, -0.2) is 46.2 Å². The second-order valence-corrected chi connectivity index (χ2v) is 8.62. The zero-order valence-corrected chi connectivity index (χ0v) is 16.4. The van der Waals surface area contributed by atoms with Crippen molar-refractivity contribution in [2.24, 2.45) is 0 Å². The number of quaternary nitrogens is 1. The number of hydrogen-bond acceptors (Lipinski definition) is 5. The molecule has 2 N–H and O–H groups in total. The molecule has 1 aliphatic heterocycles. The smallest absolute Gasteiger partial charge is 0.269 e. The zero-order chi connectivity index (χ0) is 20.1. The van der Waals surface area contributed by atoms with E-state index in [1.54, 1.807) is 0 Å². The van der Waals surface area contributed by atoms with Crippen LogP contribution in [0.15, 0.2) is 53.4 Å². The van der Waals surface area contributed by atoms with E-state index in [4.69, 9.17) is 4.74 Å². The predicted molar refractivity (Wildman–Crippen MR) is 104 cm³/mol. The van der Waals surface area contributed by atoms with Gasteiger partial charge in [-0.3, -0.25) is 10.1 Å². The Morgan fingerprint density at radius 3 is 2.29 bits per heavy atom. The van der Waals surface area contributed by atoms with Gasteiger partial charge >= 0.3 is 0 Å². The average molecular weight is 406 g/mol. The highest BCUT2D eigenvalue weighted by atomic mass is 32.2. The van der Waals surface area contributed by atoms with E-state index in [9.17, 15) is 18.5 Å². The molecule has 8 nitrogen and oxygen atoms in total. The normalized spacial score (nSPS) is 16.6. The maximum Gasteiger partial charge on any atom is 0.269 e. The molecule has 150 valence electrons. The van der Waals surface area contributed by atoms with E-state index in [-0.39, 0.29) is 10.6 Å². The SMILES string of the molecule is Cc1ccc([C@@H](C[NH+]2CCOCC2)NS(=O)(=O)c2ccc([N+](=O)[O-])cc2)cc1. The number of sulfonamides is 1. The average Bonchev–Trinajstić information content (AvgIpc) is 2.69. The summed E-state index contributed by atoms with van der Waals surface area (Å²) in [6.07, 6.45) is 0. The quantitative estimate of drug-likeness (QED) is 0.524. The van der Waals surface area contributed by atoms with Crippen molar-refractivity contribution in [2.45, 2.75) is 17.9 Å². The molecule has 0 aliphatic carbocycles. The van der Waals surface area contributed by atoms with Crippen LogP contribution in [0.4, 0.5) is 5.69 Å². The first-order chi connectivity index (χ1) is 13.3. The third-order valence-corrected chi connectivity index (χ3v) is 6.32. The minimum absolute atomic E-state index is 0.00666. The van der Waals surface area contributed by atoms with Gasteiger partial charge < -0.3 is 9.64 Å². The Bertz CT molecular complexity index is 908. The first kappa shape index (κ1) is 20.4. The number of rotatable bonds is 7. The predicted octanol–water partition coefficient (Wildman–Crippen LogP) is 0.838. The summed E-state index contributed by atoms with van der Waals surface area (Å²) in [5.74, 6) is 0. The molecule has 0 saturated carbocycles.